The van der Waals surface area contributed by atoms with E-state index in [1.165, 1.54) is 36.0 Å². The van der Waals surface area contributed by atoms with Crippen LogP contribution in [0.5, 0.6) is 0 Å². The number of rotatable bonds is 9. The van der Waals surface area contributed by atoms with E-state index in [1.807, 2.05) is 36.4 Å². The minimum absolute atomic E-state index is 0.233. The zero-order chi connectivity index (χ0) is 19.6. The third kappa shape index (κ3) is 6.66. The van der Waals surface area contributed by atoms with E-state index in [-0.39, 0.29) is 5.97 Å². The Bertz CT molecular complexity index is 758. The summed E-state index contributed by atoms with van der Waals surface area (Å²) in [4.78, 5) is 12.2. The highest BCUT2D eigenvalue weighted by Gasteiger charge is 2.08. The van der Waals surface area contributed by atoms with Crippen molar-refractivity contribution in [2.45, 2.75) is 52.9 Å². The fourth-order valence-corrected chi connectivity index (χ4v) is 3.21. The number of halogens is 1. The second-order valence-electron chi connectivity index (χ2n) is 6.88. The molecule has 0 unspecified atom stereocenters. The molecular formula is C24H29BrO2. The Morgan fingerprint density at radius 3 is 1.81 bits per heavy atom. The van der Waals surface area contributed by atoms with Crippen LogP contribution in [0.1, 0.15) is 74.4 Å². The van der Waals surface area contributed by atoms with Gasteiger partial charge in [0.25, 0.3) is 0 Å². The fourth-order valence-electron chi connectivity index (χ4n) is 2.94. The fraction of sp³-hybridized carbons (Fsp3) is 0.375. The van der Waals surface area contributed by atoms with E-state index in [4.69, 9.17) is 4.74 Å². The molecule has 0 aliphatic heterocycles. The molecule has 2 rings (SSSR count). The van der Waals surface area contributed by atoms with Crippen LogP contribution in [0.3, 0.4) is 0 Å². The molecule has 0 saturated carbocycles. The van der Waals surface area contributed by atoms with Gasteiger partial charge in [0, 0.05) is 4.47 Å². The predicted octanol–water partition coefficient (Wildman–Crippen LogP) is 7.53. The maximum atomic E-state index is 12.2. The SMILES string of the molecule is CCCCCCCOC(=O)c1ccc(/C(C)=C(/C)c2ccc(Br)cc2)cc1. The molecule has 0 atom stereocenters. The number of hydrogen-bond donors (Lipinski definition) is 0. The standard InChI is InChI=1S/C24H29BrO2/c1-4-5-6-7-8-17-27-24(26)22-11-9-20(10-12-22)18(2)19(3)21-13-15-23(25)16-14-21/h9-16H,4-8,17H2,1-3H3/b19-18-. The monoisotopic (exact) mass is 428 g/mol. The number of unbranched alkanes of at least 4 members (excludes halogenated alkanes) is 4. The van der Waals surface area contributed by atoms with Gasteiger partial charge in [0.2, 0.25) is 0 Å². The Morgan fingerprint density at radius 1 is 0.778 bits per heavy atom. The van der Waals surface area contributed by atoms with Crippen LogP contribution in [-0.2, 0) is 4.74 Å². The van der Waals surface area contributed by atoms with Gasteiger partial charge in [-0.3, -0.25) is 0 Å². The number of carbonyl (C=O) groups excluding carboxylic acids is 1. The molecule has 144 valence electrons. The van der Waals surface area contributed by atoms with E-state index in [0.717, 1.165) is 22.9 Å². The molecule has 0 aromatic heterocycles. The second-order valence-corrected chi connectivity index (χ2v) is 7.80. The molecule has 2 aromatic rings. The van der Waals surface area contributed by atoms with Gasteiger partial charge < -0.3 is 4.74 Å². The lowest BCUT2D eigenvalue weighted by Crippen LogP contribution is -2.06. The Hall–Kier alpha value is -1.87. The van der Waals surface area contributed by atoms with Crippen molar-refractivity contribution < 1.29 is 9.53 Å². The van der Waals surface area contributed by atoms with E-state index in [1.54, 1.807) is 0 Å². The minimum Gasteiger partial charge on any atom is -0.462 e. The summed E-state index contributed by atoms with van der Waals surface area (Å²) in [5.74, 6) is -0.233. The quantitative estimate of drug-likeness (QED) is 0.234. The van der Waals surface area contributed by atoms with Gasteiger partial charge in [-0.25, -0.2) is 4.79 Å². The zero-order valence-electron chi connectivity index (χ0n) is 16.6. The van der Waals surface area contributed by atoms with Crippen LogP contribution in [0.2, 0.25) is 0 Å². The minimum atomic E-state index is -0.233. The van der Waals surface area contributed by atoms with Crippen molar-refractivity contribution >= 4 is 33.0 Å². The maximum absolute atomic E-state index is 12.2. The highest BCUT2D eigenvalue weighted by Crippen LogP contribution is 2.27. The largest absolute Gasteiger partial charge is 0.462 e. The summed E-state index contributed by atoms with van der Waals surface area (Å²) < 4.78 is 6.46. The number of esters is 1. The molecule has 27 heavy (non-hydrogen) atoms. The Balaban J connectivity index is 1.96. The third-order valence-corrected chi connectivity index (χ3v) is 5.40. The van der Waals surface area contributed by atoms with Crippen molar-refractivity contribution in [3.8, 4) is 0 Å². The summed E-state index contributed by atoms with van der Waals surface area (Å²) in [6.07, 6.45) is 5.76. The molecular weight excluding hydrogens is 400 g/mol. The Kier molecular flexibility index (Phi) is 8.80. The van der Waals surface area contributed by atoms with Crippen LogP contribution in [-0.4, -0.2) is 12.6 Å². The van der Waals surface area contributed by atoms with Gasteiger partial charge in [-0.1, -0.05) is 72.8 Å². The van der Waals surface area contributed by atoms with Gasteiger partial charge in [0.1, 0.15) is 0 Å². The van der Waals surface area contributed by atoms with Crippen LogP contribution in [0.25, 0.3) is 11.1 Å². The molecule has 0 aliphatic carbocycles. The highest BCUT2D eigenvalue weighted by molar-refractivity contribution is 9.10. The molecule has 0 aliphatic rings. The molecule has 0 amide bonds. The molecule has 0 heterocycles. The van der Waals surface area contributed by atoms with Gasteiger partial charge in [-0.05, 0) is 66.8 Å². The first kappa shape index (κ1) is 21.4. The molecule has 2 nitrogen and oxygen atoms in total. The van der Waals surface area contributed by atoms with Gasteiger partial charge >= 0.3 is 5.97 Å². The summed E-state index contributed by atoms with van der Waals surface area (Å²) >= 11 is 3.47. The topological polar surface area (TPSA) is 26.3 Å². The Labute approximate surface area is 171 Å². The van der Waals surface area contributed by atoms with Crippen molar-refractivity contribution in [2.24, 2.45) is 0 Å². The molecule has 0 N–H and O–H groups in total. The number of carbonyl (C=O) groups is 1. The lowest BCUT2D eigenvalue weighted by Gasteiger charge is -2.10. The van der Waals surface area contributed by atoms with E-state index in [2.05, 4.69) is 48.8 Å². The Morgan fingerprint density at radius 2 is 1.26 bits per heavy atom. The normalized spacial score (nSPS) is 11.9. The molecule has 0 radical (unpaired) electrons. The predicted molar refractivity (Wildman–Crippen MR) is 118 cm³/mol. The van der Waals surface area contributed by atoms with E-state index < -0.39 is 0 Å². The molecule has 2 aromatic carbocycles. The van der Waals surface area contributed by atoms with Gasteiger partial charge in [0.05, 0.1) is 12.2 Å². The van der Waals surface area contributed by atoms with Gasteiger partial charge in [0.15, 0.2) is 0 Å². The maximum Gasteiger partial charge on any atom is 0.338 e. The average Bonchev–Trinajstić information content (AvgIpc) is 2.70. The first-order valence-corrected chi connectivity index (χ1v) is 10.5. The molecule has 3 heteroatoms. The molecule has 0 saturated heterocycles. The van der Waals surface area contributed by atoms with Crippen molar-refractivity contribution in [1.29, 1.82) is 0 Å². The van der Waals surface area contributed by atoms with Crippen LogP contribution in [0.15, 0.2) is 53.0 Å². The van der Waals surface area contributed by atoms with Crippen molar-refractivity contribution in [3.63, 3.8) is 0 Å². The number of benzene rings is 2. The van der Waals surface area contributed by atoms with E-state index in [0.29, 0.717) is 12.2 Å². The summed E-state index contributed by atoms with van der Waals surface area (Å²) in [7, 11) is 0. The highest BCUT2D eigenvalue weighted by atomic mass is 79.9. The number of ether oxygens (including phenoxy) is 1. The van der Waals surface area contributed by atoms with Crippen LogP contribution >= 0.6 is 15.9 Å². The van der Waals surface area contributed by atoms with Crippen LogP contribution in [0, 0.1) is 0 Å². The van der Waals surface area contributed by atoms with E-state index in [9.17, 15) is 4.79 Å². The van der Waals surface area contributed by atoms with Crippen LogP contribution < -0.4 is 0 Å². The molecule has 0 fully saturated rings. The summed E-state index contributed by atoms with van der Waals surface area (Å²) in [6.45, 7) is 6.94. The van der Waals surface area contributed by atoms with E-state index >= 15 is 0 Å². The van der Waals surface area contributed by atoms with Gasteiger partial charge in [-0.2, -0.15) is 0 Å². The zero-order valence-corrected chi connectivity index (χ0v) is 18.1. The first-order valence-electron chi connectivity index (χ1n) is 9.74. The molecule has 0 bridgehead atoms. The molecule has 0 spiro atoms. The van der Waals surface area contributed by atoms with Crippen molar-refractivity contribution in [3.05, 3.63) is 69.7 Å². The number of hydrogen-bond acceptors (Lipinski definition) is 2. The lowest BCUT2D eigenvalue weighted by molar-refractivity contribution is 0.0497. The van der Waals surface area contributed by atoms with Crippen molar-refractivity contribution in [2.75, 3.05) is 6.61 Å². The van der Waals surface area contributed by atoms with Gasteiger partial charge in [-0.15, -0.1) is 0 Å². The van der Waals surface area contributed by atoms with Crippen LogP contribution in [0.4, 0.5) is 0 Å². The first-order chi connectivity index (χ1) is 13.0. The summed E-state index contributed by atoms with van der Waals surface area (Å²) in [5.41, 5.74) is 5.35. The third-order valence-electron chi connectivity index (χ3n) is 4.87. The average molecular weight is 429 g/mol. The summed E-state index contributed by atoms with van der Waals surface area (Å²) in [6, 6.07) is 16.0. The lowest BCUT2D eigenvalue weighted by atomic mass is 9.96. The number of allylic oxidation sites excluding steroid dienone is 2. The smallest absolute Gasteiger partial charge is 0.338 e. The second kappa shape index (κ2) is 11.1. The van der Waals surface area contributed by atoms with Crippen molar-refractivity contribution in [1.82, 2.24) is 0 Å². The summed E-state index contributed by atoms with van der Waals surface area (Å²) in [5, 5.41) is 0.